The third-order valence-corrected chi connectivity index (χ3v) is 12.2. The second-order valence-corrected chi connectivity index (χ2v) is 16.1. The van der Waals surface area contributed by atoms with Gasteiger partial charge in [0.25, 0.3) is 11.1 Å². The number of carbonyl (C=O) groups is 2. The van der Waals surface area contributed by atoms with Crippen molar-refractivity contribution >= 4 is 48.4 Å². The first-order valence-corrected chi connectivity index (χ1v) is 18.6. The molecule has 0 bridgehead atoms. The quantitative estimate of drug-likeness (QED) is 0.0987. The Morgan fingerprint density at radius 2 is 1.06 bits per heavy atom. The van der Waals surface area contributed by atoms with E-state index in [1.165, 1.54) is 13.8 Å². The van der Waals surface area contributed by atoms with Crippen LogP contribution < -0.4 is 11.5 Å². The van der Waals surface area contributed by atoms with Crippen LogP contribution in [0, 0.1) is 0 Å². The molecule has 9 nitrogen and oxygen atoms in total. The molecule has 2 rings (SSSR count). The number of aryl methyl sites for hydroxylation is 2. The van der Waals surface area contributed by atoms with Gasteiger partial charge in [-0.1, -0.05) is 40.5 Å². The Labute approximate surface area is 287 Å². The summed E-state index contributed by atoms with van der Waals surface area (Å²) in [6, 6.07) is 2.89. The van der Waals surface area contributed by atoms with E-state index in [9.17, 15) is 52.8 Å². The van der Waals surface area contributed by atoms with E-state index in [0.29, 0.717) is 25.0 Å². The van der Waals surface area contributed by atoms with Crippen LogP contribution in [0.1, 0.15) is 110 Å². The molecule has 0 fully saturated rings. The minimum atomic E-state index is -4.96. The molecule has 2 unspecified atom stereocenters. The van der Waals surface area contributed by atoms with Gasteiger partial charge < -0.3 is 11.5 Å². The normalized spacial score (nSPS) is 13.6. The Balaban J connectivity index is 0.000000494. The first-order valence-electron chi connectivity index (χ1n) is 15.1. The number of benzene rings is 2. The zero-order valence-corrected chi connectivity index (χ0v) is 30.1. The Kier molecular flexibility index (Phi) is 15.4. The predicted octanol–water partition coefficient (Wildman–Crippen LogP) is 7.25. The molecule has 0 aliphatic rings. The minimum Gasteiger partial charge on any atom is -0.370 e. The van der Waals surface area contributed by atoms with Crippen LogP contribution in [0.4, 0.5) is 26.3 Å². The highest BCUT2D eigenvalue weighted by atomic mass is 35.5. The van der Waals surface area contributed by atoms with E-state index in [1.54, 1.807) is 27.7 Å². The molecule has 2 aromatic carbocycles. The van der Waals surface area contributed by atoms with Gasteiger partial charge in [-0.15, -0.1) is 0 Å². The van der Waals surface area contributed by atoms with Crippen molar-refractivity contribution in [2.45, 2.75) is 113 Å². The Bertz CT molecular complexity index is 1770. The Hall–Kier alpha value is -3.18. The number of nitrogens with two attached hydrogens (primary N) is 2. The van der Waals surface area contributed by atoms with Gasteiger partial charge in [0.1, 0.15) is 0 Å². The number of halogens is 7. The Morgan fingerprint density at radius 3 is 1.35 bits per heavy atom. The van der Waals surface area contributed by atoms with Crippen LogP contribution in [-0.2, 0) is 44.9 Å². The summed E-state index contributed by atoms with van der Waals surface area (Å²) in [5.74, 6) is -1.66. The lowest BCUT2D eigenvalue weighted by atomic mass is 10.0. The molecule has 0 saturated carbocycles. The zero-order valence-electron chi connectivity index (χ0n) is 27.7. The number of rotatable bonds is 12. The summed E-state index contributed by atoms with van der Waals surface area (Å²) in [4.78, 5) is 25.0. The molecule has 0 radical (unpaired) electrons. The summed E-state index contributed by atoms with van der Waals surface area (Å²) in [6.45, 7) is 9.43. The number of aliphatic imine (C=N–C) groups is 1. The molecule has 18 heteroatoms. The van der Waals surface area contributed by atoms with Crippen molar-refractivity contribution in [3.8, 4) is 0 Å². The van der Waals surface area contributed by atoms with E-state index in [4.69, 9.17) is 23.1 Å². The van der Waals surface area contributed by atoms with Gasteiger partial charge in [-0.25, -0.2) is 16.8 Å². The highest BCUT2D eigenvalue weighted by molar-refractivity contribution is 7.92. The summed E-state index contributed by atoms with van der Waals surface area (Å²) in [7, 11) is -8.39. The van der Waals surface area contributed by atoms with Gasteiger partial charge in [-0.2, -0.15) is 31.3 Å². The molecule has 276 valence electrons. The smallest absolute Gasteiger partial charge is 0.370 e. The lowest BCUT2D eigenvalue weighted by molar-refractivity contribution is -0.140. The van der Waals surface area contributed by atoms with Crippen LogP contribution in [0.25, 0.3) is 0 Å². The van der Waals surface area contributed by atoms with Crippen molar-refractivity contribution in [1.82, 2.24) is 0 Å². The monoisotopic (exact) mass is 763 g/mol. The number of carbonyl (C=O) groups excluding carboxylic acids is 2. The van der Waals surface area contributed by atoms with Gasteiger partial charge in [0.05, 0.1) is 31.4 Å². The van der Waals surface area contributed by atoms with Crippen molar-refractivity contribution in [1.29, 1.82) is 0 Å². The molecule has 1 amide bonds. The molecule has 4 N–H and O–H groups in total. The second-order valence-electron chi connectivity index (χ2n) is 11.1. The molecule has 49 heavy (non-hydrogen) atoms. The number of amides is 1. The summed E-state index contributed by atoms with van der Waals surface area (Å²) in [5.41, 5.74) is 7.08. The van der Waals surface area contributed by atoms with Crippen molar-refractivity contribution in [3.63, 3.8) is 0 Å². The summed E-state index contributed by atoms with van der Waals surface area (Å²) in [5, 5.41) is -2.98. The largest absolute Gasteiger partial charge is 0.417 e. The maximum Gasteiger partial charge on any atom is 0.417 e. The molecule has 0 saturated heterocycles. The molecule has 0 aliphatic carbocycles. The molecule has 0 aromatic heterocycles. The lowest BCUT2D eigenvalue weighted by Gasteiger charge is -2.19. The van der Waals surface area contributed by atoms with Crippen LogP contribution in [-0.4, -0.2) is 44.4 Å². The van der Waals surface area contributed by atoms with Crippen molar-refractivity contribution < 1.29 is 52.8 Å². The van der Waals surface area contributed by atoms with E-state index < -0.39 is 80.6 Å². The van der Waals surface area contributed by atoms with Gasteiger partial charge in [-0.05, 0) is 86.5 Å². The fourth-order valence-electron chi connectivity index (χ4n) is 4.86. The summed E-state index contributed by atoms with van der Waals surface area (Å²) in [6.07, 6.45) is -8.05. The van der Waals surface area contributed by atoms with Gasteiger partial charge in [0.2, 0.25) is 0 Å². The number of hydrogen-bond donors (Lipinski definition) is 2. The predicted molar refractivity (Wildman–Crippen MR) is 175 cm³/mol. The number of hydrogen-bond acceptors (Lipinski definition) is 6. The van der Waals surface area contributed by atoms with Gasteiger partial charge in [0.15, 0.2) is 25.6 Å². The van der Waals surface area contributed by atoms with Gasteiger partial charge >= 0.3 is 12.4 Å². The fraction of sp³-hybridized carbons (Fsp3) is 0.516. The van der Waals surface area contributed by atoms with Crippen LogP contribution >= 0.6 is 11.6 Å². The highest BCUT2D eigenvalue weighted by Crippen LogP contribution is 2.39. The van der Waals surface area contributed by atoms with Crippen LogP contribution in [0.5, 0.6) is 0 Å². The van der Waals surface area contributed by atoms with E-state index in [1.807, 2.05) is 0 Å². The topological polar surface area (TPSA) is 167 Å². The summed E-state index contributed by atoms with van der Waals surface area (Å²) >= 11 is 5.33. The number of nitrogens with zero attached hydrogens (tertiary/aromatic N) is 1. The number of alkyl halides is 6. The maximum absolute atomic E-state index is 13.5. The molecule has 0 heterocycles. The van der Waals surface area contributed by atoms with Crippen LogP contribution in [0.2, 0.25) is 0 Å². The summed E-state index contributed by atoms with van der Waals surface area (Å²) < 4.78 is 131. The molecule has 0 aliphatic heterocycles. The lowest BCUT2D eigenvalue weighted by Crippen LogP contribution is -2.25. The molecular formula is C31H40ClF6N3O6S2. The van der Waals surface area contributed by atoms with E-state index >= 15 is 0 Å². The minimum absolute atomic E-state index is 0.121. The van der Waals surface area contributed by atoms with E-state index in [2.05, 4.69) is 4.99 Å². The first-order chi connectivity index (χ1) is 22.3. The third kappa shape index (κ3) is 10.9. The van der Waals surface area contributed by atoms with Crippen LogP contribution in [0.3, 0.4) is 0 Å². The second kappa shape index (κ2) is 17.2. The van der Waals surface area contributed by atoms with Crippen molar-refractivity contribution in [3.05, 3.63) is 57.6 Å². The highest BCUT2D eigenvalue weighted by Gasteiger charge is 2.41. The van der Waals surface area contributed by atoms with Gasteiger partial charge in [-0.3, -0.25) is 9.59 Å². The van der Waals surface area contributed by atoms with Crippen molar-refractivity contribution in [2.75, 3.05) is 0 Å². The third-order valence-electron chi connectivity index (χ3n) is 7.52. The average molecular weight is 764 g/mol. The SMILES string of the molecule is CCCC(C)S(=O)(=O)c1cc(CC)c(C(=O)Cl)cc1C(F)(F)F.CCCC(C)S(=O)(=O)c1cc(CC)c(C(=O)N=C(N)N)cc1C(F)(F)F. The molecular weight excluding hydrogens is 724 g/mol. The van der Waals surface area contributed by atoms with E-state index in [-0.39, 0.29) is 47.9 Å². The van der Waals surface area contributed by atoms with Crippen molar-refractivity contribution in [2.24, 2.45) is 16.5 Å². The van der Waals surface area contributed by atoms with Gasteiger partial charge in [0, 0.05) is 11.1 Å². The van der Waals surface area contributed by atoms with E-state index in [0.717, 1.165) is 12.1 Å². The maximum atomic E-state index is 13.5. The number of guanidine groups is 1. The fourth-order valence-corrected chi connectivity index (χ4v) is 8.57. The van der Waals surface area contributed by atoms with Crippen LogP contribution in [0.15, 0.2) is 39.0 Å². The molecule has 2 aromatic rings. The molecule has 2 atom stereocenters. The number of sulfone groups is 2. The Morgan fingerprint density at radius 1 is 0.714 bits per heavy atom. The average Bonchev–Trinajstić information content (AvgIpc) is 2.98. The standard InChI is InChI=1S/C16H22F3N3O3S.C15H18ClF3O3S/c1-4-6-9(3)26(24,25)13-7-10(5-2)11(14(23)22-15(20)21)8-12(13)16(17,18)19;1-4-6-9(3)23(21,22)13-7-10(5-2)11(14(16)20)8-12(13)15(17,18)19/h7-9H,4-6H2,1-3H3,(H4,20,21,22,23);7-9H,4-6H2,1-3H3. The zero-order chi connectivity index (χ0) is 38.3. The first kappa shape index (κ1) is 43.8. The molecule has 0 spiro atoms.